The molecule has 7 aliphatic carbocycles. The van der Waals surface area contributed by atoms with Crippen LogP contribution in [0, 0.1) is 23.7 Å². The van der Waals surface area contributed by atoms with Gasteiger partial charge in [0.1, 0.15) is 0 Å². The standard InChI is InChI=1S/C50H59N/c1-46(2)20-22-48(5,6)42-29-35(16-18-40(42)46)51(36-17-19-41-43(30-36)49(7,8)23-21-47(41,3)4)44-15-11-13-38-37-12-9-10-14-39(37)50(45(38)44)33-25-31-24-32(27-33)28-34(50)26-31/h9-19,29-34H,20-28H2,1-8H3. The Hall–Kier alpha value is -3.32. The summed E-state index contributed by atoms with van der Waals surface area (Å²) in [5, 5.41) is 0. The molecule has 0 aliphatic heterocycles. The molecule has 0 radical (unpaired) electrons. The second-order valence-electron chi connectivity index (χ2n) is 20.7. The van der Waals surface area contributed by atoms with Gasteiger partial charge in [-0.1, -0.05) is 104 Å². The van der Waals surface area contributed by atoms with Gasteiger partial charge in [0.15, 0.2) is 0 Å². The van der Waals surface area contributed by atoms with Gasteiger partial charge in [0, 0.05) is 16.8 Å². The van der Waals surface area contributed by atoms with Gasteiger partial charge >= 0.3 is 0 Å². The van der Waals surface area contributed by atoms with E-state index in [2.05, 4.69) is 139 Å². The molecule has 4 aromatic rings. The Labute approximate surface area is 308 Å². The Morgan fingerprint density at radius 1 is 0.451 bits per heavy atom. The van der Waals surface area contributed by atoms with Gasteiger partial charge in [-0.15, -0.1) is 0 Å². The summed E-state index contributed by atoms with van der Waals surface area (Å²) in [5.41, 5.74) is 17.3. The number of hydrogen-bond donors (Lipinski definition) is 0. The minimum Gasteiger partial charge on any atom is -0.310 e. The highest BCUT2D eigenvalue weighted by Gasteiger charge is 2.62. The van der Waals surface area contributed by atoms with E-state index in [0.717, 1.165) is 23.7 Å². The summed E-state index contributed by atoms with van der Waals surface area (Å²) < 4.78 is 0. The lowest BCUT2D eigenvalue weighted by atomic mass is 9.43. The number of anilines is 3. The van der Waals surface area contributed by atoms with Crippen molar-refractivity contribution in [1.82, 2.24) is 0 Å². The predicted molar refractivity (Wildman–Crippen MR) is 215 cm³/mol. The first-order valence-corrected chi connectivity index (χ1v) is 20.5. The summed E-state index contributed by atoms with van der Waals surface area (Å²) in [5.74, 6) is 3.31. The predicted octanol–water partition coefficient (Wildman–Crippen LogP) is 13.6. The van der Waals surface area contributed by atoms with Gasteiger partial charge in [0.2, 0.25) is 0 Å². The van der Waals surface area contributed by atoms with Crippen molar-refractivity contribution in [2.24, 2.45) is 23.7 Å². The van der Waals surface area contributed by atoms with Crippen LogP contribution in [-0.4, -0.2) is 0 Å². The third kappa shape index (κ3) is 4.39. The Bertz CT molecular complexity index is 1980. The van der Waals surface area contributed by atoms with Gasteiger partial charge in [0.05, 0.1) is 5.69 Å². The van der Waals surface area contributed by atoms with Crippen molar-refractivity contribution in [2.45, 2.75) is 140 Å². The van der Waals surface area contributed by atoms with Crippen molar-refractivity contribution in [3.63, 3.8) is 0 Å². The number of fused-ring (bicyclic) bond motifs is 5. The van der Waals surface area contributed by atoms with Gasteiger partial charge in [-0.2, -0.15) is 0 Å². The minimum absolute atomic E-state index is 0.0964. The molecule has 0 saturated heterocycles. The number of nitrogens with zero attached hydrogens (tertiary/aromatic N) is 1. The van der Waals surface area contributed by atoms with Gasteiger partial charge in [-0.25, -0.2) is 0 Å². The number of hydrogen-bond acceptors (Lipinski definition) is 1. The fourth-order valence-electron chi connectivity index (χ4n) is 13.2. The molecule has 4 fully saturated rings. The molecule has 4 saturated carbocycles. The van der Waals surface area contributed by atoms with Crippen molar-refractivity contribution in [1.29, 1.82) is 0 Å². The van der Waals surface area contributed by atoms with E-state index >= 15 is 0 Å². The summed E-state index contributed by atoms with van der Waals surface area (Å²) in [4.78, 5) is 2.74. The third-order valence-electron chi connectivity index (χ3n) is 16.0. The van der Waals surface area contributed by atoms with Crippen LogP contribution in [-0.2, 0) is 27.1 Å². The summed E-state index contributed by atoms with van der Waals surface area (Å²) in [6, 6.07) is 32.2. The molecule has 0 heterocycles. The Morgan fingerprint density at radius 3 is 1.45 bits per heavy atom. The monoisotopic (exact) mass is 673 g/mol. The smallest absolute Gasteiger partial charge is 0.0509 e. The number of benzene rings is 4. The van der Waals surface area contributed by atoms with Crippen LogP contribution in [0.2, 0.25) is 0 Å². The Morgan fingerprint density at radius 2 is 0.922 bits per heavy atom. The van der Waals surface area contributed by atoms with Crippen LogP contribution < -0.4 is 4.90 Å². The molecule has 0 unspecified atom stereocenters. The largest absolute Gasteiger partial charge is 0.310 e. The second-order valence-corrected chi connectivity index (χ2v) is 20.7. The van der Waals surface area contributed by atoms with Crippen molar-refractivity contribution < 1.29 is 0 Å². The van der Waals surface area contributed by atoms with Crippen LogP contribution in [0.1, 0.15) is 147 Å². The molecule has 7 aliphatic rings. The van der Waals surface area contributed by atoms with E-state index < -0.39 is 0 Å². The van der Waals surface area contributed by atoms with E-state index in [1.807, 2.05) is 0 Å². The molecule has 0 aromatic heterocycles. The average Bonchev–Trinajstić information content (AvgIpc) is 3.39. The molecular formula is C50H59N. The molecule has 4 aromatic carbocycles. The highest BCUT2D eigenvalue weighted by atomic mass is 15.1. The molecule has 11 rings (SSSR count). The topological polar surface area (TPSA) is 3.24 Å². The first-order chi connectivity index (χ1) is 24.2. The van der Waals surface area contributed by atoms with Crippen LogP contribution in [0.5, 0.6) is 0 Å². The molecule has 1 spiro atoms. The molecule has 0 amide bonds. The first-order valence-electron chi connectivity index (χ1n) is 20.5. The molecular weight excluding hydrogens is 615 g/mol. The lowest BCUT2D eigenvalue weighted by Gasteiger charge is -2.61. The van der Waals surface area contributed by atoms with Crippen LogP contribution in [0.4, 0.5) is 17.1 Å². The molecule has 1 nitrogen and oxygen atoms in total. The highest BCUT2D eigenvalue weighted by molar-refractivity contribution is 5.91. The quantitative estimate of drug-likeness (QED) is 0.209. The van der Waals surface area contributed by atoms with E-state index in [1.165, 1.54) is 86.0 Å². The van der Waals surface area contributed by atoms with E-state index in [-0.39, 0.29) is 27.1 Å². The van der Waals surface area contributed by atoms with E-state index in [9.17, 15) is 0 Å². The summed E-state index contributed by atoms with van der Waals surface area (Å²) in [7, 11) is 0. The molecule has 4 bridgehead atoms. The maximum absolute atomic E-state index is 2.74. The normalized spacial score (nSPS) is 30.7. The van der Waals surface area contributed by atoms with Gasteiger partial charge in [0.25, 0.3) is 0 Å². The minimum atomic E-state index is 0.0964. The zero-order chi connectivity index (χ0) is 35.3. The van der Waals surface area contributed by atoms with Gasteiger partial charge in [-0.05, 0) is 178 Å². The molecule has 51 heavy (non-hydrogen) atoms. The lowest BCUT2D eigenvalue weighted by Crippen LogP contribution is -2.55. The van der Waals surface area contributed by atoms with Crippen LogP contribution in [0.15, 0.2) is 78.9 Å². The number of rotatable bonds is 3. The third-order valence-corrected chi connectivity index (χ3v) is 16.0. The lowest BCUT2D eigenvalue weighted by molar-refractivity contribution is -0.0397. The van der Waals surface area contributed by atoms with Crippen LogP contribution in [0.25, 0.3) is 11.1 Å². The van der Waals surface area contributed by atoms with Crippen LogP contribution >= 0.6 is 0 Å². The fraction of sp³-hybridized carbons (Fsp3) is 0.520. The SMILES string of the molecule is CC1(C)CCC(C)(C)c2cc(N(c3ccc4c(c3)C(C)(C)CCC4(C)C)c3cccc4c3C3(c5ccccc5-4)C4CC5CC(C4)CC3C5)ccc21. The zero-order valence-electron chi connectivity index (χ0n) is 32.6. The van der Waals surface area contributed by atoms with Crippen molar-refractivity contribution in [2.75, 3.05) is 4.90 Å². The Balaban J connectivity index is 1.26. The van der Waals surface area contributed by atoms with Crippen molar-refractivity contribution in [3.05, 3.63) is 112 Å². The maximum Gasteiger partial charge on any atom is 0.0509 e. The summed E-state index contributed by atoms with van der Waals surface area (Å²) in [6.07, 6.45) is 12.0. The molecule has 264 valence electrons. The summed E-state index contributed by atoms with van der Waals surface area (Å²) >= 11 is 0. The fourth-order valence-corrected chi connectivity index (χ4v) is 13.2. The highest BCUT2D eigenvalue weighted by Crippen LogP contribution is 2.71. The molecule has 1 heteroatoms. The zero-order valence-corrected chi connectivity index (χ0v) is 32.6. The second kappa shape index (κ2) is 10.4. The average molecular weight is 674 g/mol. The van der Waals surface area contributed by atoms with E-state index in [1.54, 1.807) is 33.4 Å². The molecule has 0 atom stereocenters. The van der Waals surface area contributed by atoms with Crippen molar-refractivity contribution in [3.8, 4) is 11.1 Å². The van der Waals surface area contributed by atoms with E-state index in [4.69, 9.17) is 0 Å². The molecule has 0 N–H and O–H groups in total. The van der Waals surface area contributed by atoms with Crippen molar-refractivity contribution >= 4 is 17.1 Å². The summed E-state index contributed by atoms with van der Waals surface area (Å²) in [6.45, 7) is 19.8. The van der Waals surface area contributed by atoms with Crippen LogP contribution in [0.3, 0.4) is 0 Å². The Kier molecular flexibility index (Phi) is 6.61. The van der Waals surface area contributed by atoms with Gasteiger partial charge < -0.3 is 4.90 Å². The van der Waals surface area contributed by atoms with E-state index in [0.29, 0.717) is 0 Å². The first kappa shape index (κ1) is 32.3. The van der Waals surface area contributed by atoms with Gasteiger partial charge in [-0.3, -0.25) is 0 Å². The maximum atomic E-state index is 2.74.